The van der Waals surface area contributed by atoms with E-state index in [0.717, 1.165) is 0 Å². The number of carbonyl (C=O) groups is 1. The van der Waals surface area contributed by atoms with Crippen LogP contribution in [0, 0.1) is 0 Å². The maximum absolute atomic E-state index is 11.9. The van der Waals surface area contributed by atoms with E-state index in [4.69, 9.17) is 9.84 Å². The van der Waals surface area contributed by atoms with Crippen molar-refractivity contribution in [2.24, 2.45) is 0 Å². The molecule has 0 rings (SSSR count). The highest BCUT2D eigenvalue weighted by molar-refractivity contribution is 7.51. The summed E-state index contributed by atoms with van der Waals surface area (Å²) in [7, 11) is 3.62. The van der Waals surface area contributed by atoms with Crippen LogP contribution in [0.2, 0.25) is 0 Å². The molecule has 0 heterocycles. The lowest BCUT2D eigenvalue weighted by atomic mass is 10.4. The molecule has 0 saturated heterocycles. The highest BCUT2D eigenvalue weighted by Crippen LogP contribution is 2.18. The lowest BCUT2D eigenvalue weighted by Crippen LogP contribution is -2.41. The van der Waals surface area contributed by atoms with Crippen LogP contribution in [-0.2, 0) is 9.53 Å². The third-order valence-electron chi connectivity index (χ3n) is 1.74. The molecule has 0 spiro atoms. The first kappa shape index (κ1) is 16.5. The maximum atomic E-state index is 11.9. The molecule has 2 atom stereocenters. The fourth-order valence-electron chi connectivity index (χ4n) is 1.08. The second kappa shape index (κ2) is 7.03. The number of carbonyl (C=O) groups excluding carboxylic acids is 1. The lowest BCUT2D eigenvalue weighted by molar-refractivity contribution is -0.861. The van der Waals surface area contributed by atoms with Gasteiger partial charge in [-0.1, -0.05) is 0 Å². The Labute approximate surface area is 102 Å². The van der Waals surface area contributed by atoms with Crippen LogP contribution in [0.25, 0.3) is 0 Å². The van der Waals surface area contributed by atoms with Gasteiger partial charge in [-0.2, -0.15) is 0 Å². The summed E-state index contributed by atoms with van der Waals surface area (Å²) in [6.45, 7) is 1.09. The highest BCUT2D eigenvalue weighted by Gasteiger charge is 2.24. The first-order valence-electron chi connectivity index (χ1n) is 5.24. The van der Waals surface area contributed by atoms with Crippen molar-refractivity contribution in [2.75, 3.05) is 40.5 Å². The minimum absolute atomic E-state index is 0.103. The SMILES string of the molecule is CC(=O)OC(C[N+](C)(C)C)=[P+]([O-])CC(O)CO. The number of likely N-dealkylation sites (N-methyl/N-ethyl adjacent to an activating group) is 1. The summed E-state index contributed by atoms with van der Waals surface area (Å²) in [5.74, 6) is -0.532. The molecule has 100 valence electrons. The van der Waals surface area contributed by atoms with Crippen LogP contribution >= 0.6 is 7.77 Å². The minimum Gasteiger partial charge on any atom is -0.628 e. The molecule has 0 aromatic rings. The Balaban J connectivity index is 4.86. The molecule has 6 nitrogen and oxygen atoms in total. The van der Waals surface area contributed by atoms with Crippen molar-refractivity contribution in [1.82, 2.24) is 0 Å². The predicted octanol–water partition coefficient (Wildman–Crippen LogP) is -1.50. The molecule has 0 aliphatic heterocycles. The molecule has 0 saturated carbocycles. The van der Waals surface area contributed by atoms with Gasteiger partial charge in [0.2, 0.25) is 0 Å². The maximum Gasteiger partial charge on any atom is 0.327 e. The number of nitrogens with zero attached hydrogens (tertiary/aromatic N) is 1. The Kier molecular flexibility index (Phi) is 6.82. The van der Waals surface area contributed by atoms with Gasteiger partial charge in [0.25, 0.3) is 0 Å². The number of quaternary nitrogens is 1. The van der Waals surface area contributed by atoms with E-state index in [-0.39, 0.29) is 11.6 Å². The summed E-state index contributed by atoms with van der Waals surface area (Å²) >= 11 is 0. The van der Waals surface area contributed by atoms with Crippen molar-refractivity contribution >= 4 is 19.2 Å². The van der Waals surface area contributed by atoms with Crippen LogP contribution in [0.5, 0.6) is 0 Å². The number of aliphatic hydroxyl groups excluding tert-OH is 2. The first-order valence-corrected chi connectivity index (χ1v) is 6.68. The molecular weight excluding hydrogens is 245 g/mol. The molecule has 0 bridgehead atoms. The zero-order valence-electron chi connectivity index (χ0n) is 10.7. The number of rotatable bonds is 6. The molecule has 2 N–H and O–H groups in total. The number of hydrogen-bond donors (Lipinski definition) is 2. The van der Waals surface area contributed by atoms with Gasteiger partial charge in [-0.3, -0.25) is 4.79 Å². The second-order valence-electron chi connectivity index (χ2n) is 4.83. The number of hydrogen-bond acceptors (Lipinski definition) is 5. The largest absolute Gasteiger partial charge is 0.628 e. The van der Waals surface area contributed by atoms with E-state index >= 15 is 0 Å². The van der Waals surface area contributed by atoms with E-state index in [0.29, 0.717) is 11.0 Å². The summed E-state index contributed by atoms with van der Waals surface area (Å²) in [5.41, 5.74) is 0.160. The van der Waals surface area contributed by atoms with Crippen molar-refractivity contribution in [3.8, 4) is 0 Å². The predicted molar refractivity (Wildman–Crippen MR) is 64.6 cm³/mol. The van der Waals surface area contributed by atoms with Crippen LogP contribution in [0.3, 0.4) is 0 Å². The topological polar surface area (TPSA) is 89.8 Å². The fraction of sp³-hybridized carbons (Fsp3) is 0.800. The third-order valence-corrected chi connectivity index (χ3v) is 3.28. The third kappa shape index (κ3) is 8.24. The minimum atomic E-state index is -1.99. The average Bonchev–Trinajstić information content (AvgIpc) is 2.13. The molecular formula is C10H21NO5P+. The Hall–Kier alpha value is -0.520. The van der Waals surface area contributed by atoms with Gasteiger partial charge in [0, 0.05) is 6.92 Å². The van der Waals surface area contributed by atoms with Crippen LogP contribution in [0.15, 0.2) is 0 Å². The Bertz CT molecular complexity index is 298. The van der Waals surface area contributed by atoms with Crippen molar-refractivity contribution < 1.29 is 29.1 Å². The molecule has 0 aliphatic rings. The Morgan fingerprint density at radius 3 is 2.35 bits per heavy atom. The van der Waals surface area contributed by atoms with E-state index in [9.17, 15) is 14.8 Å². The molecule has 0 aliphatic carbocycles. The van der Waals surface area contributed by atoms with Crippen molar-refractivity contribution in [3.63, 3.8) is 0 Å². The van der Waals surface area contributed by atoms with E-state index < -0.39 is 26.5 Å². The summed E-state index contributed by atoms with van der Waals surface area (Å²) < 4.78 is 5.38. The number of aliphatic hydroxyl groups is 2. The lowest BCUT2D eigenvalue weighted by Gasteiger charge is -2.23. The summed E-state index contributed by atoms with van der Waals surface area (Å²) in [6.07, 6.45) is -1.16. The van der Waals surface area contributed by atoms with Crippen molar-refractivity contribution in [1.29, 1.82) is 0 Å². The Morgan fingerprint density at radius 2 is 2.00 bits per heavy atom. The quantitative estimate of drug-likeness (QED) is 0.347. The fourth-order valence-corrected chi connectivity index (χ4v) is 2.60. The summed E-state index contributed by atoms with van der Waals surface area (Å²) in [5, 5.41) is 17.9. The van der Waals surface area contributed by atoms with Crippen molar-refractivity contribution in [3.05, 3.63) is 0 Å². The normalized spacial score (nSPS) is 15.2. The number of ether oxygens (including phenoxy) is 1. The van der Waals surface area contributed by atoms with Gasteiger partial charge in [-0.25, -0.2) is 0 Å². The van der Waals surface area contributed by atoms with Gasteiger partial charge in [0.1, 0.15) is 20.0 Å². The van der Waals surface area contributed by atoms with Gasteiger partial charge < -0.3 is 24.3 Å². The second-order valence-corrected chi connectivity index (χ2v) is 6.45. The molecule has 0 aromatic carbocycles. The van der Waals surface area contributed by atoms with Crippen LogP contribution in [0.1, 0.15) is 6.92 Å². The average molecular weight is 266 g/mol. The Morgan fingerprint density at radius 1 is 1.47 bits per heavy atom. The van der Waals surface area contributed by atoms with Gasteiger partial charge in [0.05, 0.1) is 27.7 Å². The zero-order chi connectivity index (χ0) is 13.6. The van der Waals surface area contributed by atoms with Crippen LogP contribution < -0.4 is 4.89 Å². The molecule has 0 amide bonds. The molecule has 17 heavy (non-hydrogen) atoms. The van der Waals surface area contributed by atoms with E-state index in [1.165, 1.54) is 6.92 Å². The van der Waals surface area contributed by atoms with E-state index in [1.54, 1.807) is 0 Å². The van der Waals surface area contributed by atoms with E-state index in [1.807, 2.05) is 21.1 Å². The van der Waals surface area contributed by atoms with E-state index in [2.05, 4.69) is 0 Å². The molecule has 0 radical (unpaired) electrons. The smallest absolute Gasteiger partial charge is 0.327 e. The van der Waals surface area contributed by atoms with Gasteiger partial charge >= 0.3 is 11.4 Å². The summed E-state index contributed by atoms with van der Waals surface area (Å²) in [4.78, 5) is 22.8. The summed E-state index contributed by atoms with van der Waals surface area (Å²) in [6, 6.07) is 0. The van der Waals surface area contributed by atoms with Gasteiger partial charge in [-0.15, -0.1) is 0 Å². The standard InChI is InChI=1S/C10H21NO5P/c1-8(13)16-10(5-11(2,3)4)17(15)7-9(14)6-12/h9,12,14H,5-7H2,1-4H3/q+1. The van der Waals surface area contributed by atoms with Crippen molar-refractivity contribution in [2.45, 2.75) is 13.0 Å². The van der Waals surface area contributed by atoms with Crippen LogP contribution in [-0.4, -0.2) is 72.7 Å². The van der Waals surface area contributed by atoms with Gasteiger partial charge in [-0.05, 0) is 0 Å². The first-order chi connectivity index (χ1) is 7.65. The molecule has 7 heteroatoms. The molecule has 0 fully saturated rings. The van der Waals surface area contributed by atoms with Crippen LogP contribution in [0.4, 0.5) is 0 Å². The molecule has 0 aromatic heterocycles. The monoisotopic (exact) mass is 266 g/mol. The van der Waals surface area contributed by atoms with Gasteiger partial charge in [0.15, 0.2) is 6.54 Å². The number of esters is 1. The highest BCUT2D eigenvalue weighted by atomic mass is 31.1. The molecule has 2 unspecified atom stereocenters. The zero-order valence-corrected chi connectivity index (χ0v) is 11.6.